The molecule has 2 rings (SSSR count). The topological polar surface area (TPSA) is 32.3 Å². The Kier molecular flexibility index (Phi) is 6.36. The summed E-state index contributed by atoms with van der Waals surface area (Å²) in [6.07, 6.45) is 0.693. The number of carbonyl (C=O) groups is 1. The van der Waals surface area contributed by atoms with E-state index < -0.39 is 0 Å². The number of amides is 1. The van der Waals surface area contributed by atoms with Gasteiger partial charge in [-0.05, 0) is 57.0 Å². The zero-order valence-corrected chi connectivity index (χ0v) is 14.6. The largest absolute Gasteiger partial charge is 0.360 e. The fourth-order valence-electron chi connectivity index (χ4n) is 2.52. The summed E-state index contributed by atoms with van der Waals surface area (Å²) in [6, 6.07) is 14.8. The van der Waals surface area contributed by atoms with E-state index in [-0.39, 0.29) is 17.8 Å². The molecule has 2 aromatic carbocycles. The molecule has 0 heterocycles. The second-order valence-electron chi connectivity index (χ2n) is 6.28. The number of rotatable bonds is 7. The SMILES string of the molecule is Cc1ccc(N(CC(=O)NCCc2ccc(F)cc2)C(C)C)cc1. The minimum Gasteiger partial charge on any atom is -0.360 e. The molecule has 0 aliphatic rings. The number of nitrogens with zero attached hydrogens (tertiary/aromatic N) is 1. The van der Waals surface area contributed by atoms with Gasteiger partial charge in [0.2, 0.25) is 5.91 Å². The molecule has 0 spiro atoms. The molecule has 2 aromatic rings. The second kappa shape index (κ2) is 8.48. The molecule has 0 saturated heterocycles. The van der Waals surface area contributed by atoms with Crippen molar-refractivity contribution in [3.63, 3.8) is 0 Å². The predicted molar refractivity (Wildman–Crippen MR) is 96.8 cm³/mol. The van der Waals surface area contributed by atoms with E-state index in [0.717, 1.165) is 11.3 Å². The molecule has 0 bridgehead atoms. The Bertz CT molecular complexity index is 650. The molecular weight excluding hydrogens is 303 g/mol. The molecule has 0 atom stereocenters. The zero-order chi connectivity index (χ0) is 17.5. The van der Waals surface area contributed by atoms with Crippen molar-refractivity contribution in [2.75, 3.05) is 18.0 Å². The Morgan fingerprint density at radius 1 is 1.08 bits per heavy atom. The molecule has 1 amide bonds. The highest BCUT2D eigenvalue weighted by Crippen LogP contribution is 2.17. The molecule has 0 unspecified atom stereocenters. The van der Waals surface area contributed by atoms with Gasteiger partial charge in [-0.3, -0.25) is 4.79 Å². The molecule has 0 fully saturated rings. The van der Waals surface area contributed by atoms with Gasteiger partial charge in [0.05, 0.1) is 6.54 Å². The van der Waals surface area contributed by atoms with Crippen molar-refractivity contribution in [1.82, 2.24) is 5.32 Å². The van der Waals surface area contributed by atoms with Crippen LogP contribution >= 0.6 is 0 Å². The molecule has 0 aliphatic carbocycles. The molecule has 128 valence electrons. The van der Waals surface area contributed by atoms with Gasteiger partial charge in [-0.25, -0.2) is 4.39 Å². The van der Waals surface area contributed by atoms with E-state index in [1.54, 1.807) is 12.1 Å². The molecule has 3 nitrogen and oxygen atoms in total. The van der Waals surface area contributed by atoms with E-state index in [0.29, 0.717) is 19.5 Å². The van der Waals surface area contributed by atoms with E-state index in [1.165, 1.54) is 17.7 Å². The maximum absolute atomic E-state index is 12.9. The van der Waals surface area contributed by atoms with Crippen LogP contribution in [0.15, 0.2) is 48.5 Å². The molecule has 0 aliphatic heterocycles. The van der Waals surface area contributed by atoms with Gasteiger partial charge in [-0.2, -0.15) is 0 Å². The average Bonchev–Trinajstić information content (AvgIpc) is 2.55. The van der Waals surface area contributed by atoms with Crippen molar-refractivity contribution in [2.24, 2.45) is 0 Å². The van der Waals surface area contributed by atoms with Crippen LogP contribution in [-0.2, 0) is 11.2 Å². The minimum atomic E-state index is -0.242. The Morgan fingerprint density at radius 2 is 1.71 bits per heavy atom. The maximum Gasteiger partial charge on any atom is 0.239 e. The molecule has 0 radical (unpaired) electrons. The second-order valence-corrected chi connectivity index (χ2v) is 6.28. The molecule has 4 heteroatoms. The van der Waals surface area contributed by atoms with E-state index >= 15 is 0 Å². The molecule has 24 heavy (non-hydrogen) atoms. The standard InChI is InChI=1S/C20H25FN2O/c1-15(2)23(19-10-4-16(3)5-11-19)14-20(24)22-13-12-17-6-8-18(21)9-7-17/h4-11,15H,12-14H2,1-3H3,(H,22,24). The third kappa shape index (κ3) is 5.37. The minimum absolute atomic E-state index is 0.00798. The van der Waals surface area contributed by atoms with Gasteiger partial charge >= 0.3 is 0 Å². The lowest BCUT2D eigenvalue weighted by atomic mass is 10.1. The van der Waals surface area contributed by atoms with E-state index in [9.17, 15) is 9.18 Å². The quantitative estimate of drug-likeness (QED) is 0.840. The molecular formula is C20H25FN2O. The van der Waals surface area contributed by atoms with Crippen molar-refractivity contribution in [1.29, 1.82) is 0 Å². The van der Waals surface area contributed by atoms with Crippen LogP contribution in [0, 0.1) is 12.7 Å². The molecule has 0 aromatic heterocycles. The number of carbonyl (C=O) groups excluding carboxylic acids is 1. The highest BCUT2D eigenvalue weighted by atomic mass is 19.1. The zero-order valence-electron chi connectivity index (χ0n) is 14.6. The van der Waals surface area contributed by atoms with E-state index in [4.69, 9.17) is 0 Å². The Balaban J connectivity index is 1.86. The number of aryl methyl sites for hydroxylation is 1. The third-order valence-corrected chi connectivity index (χ3v) is 3.95. The number of hydrogen-bond acceptors (Lipinski definition) is 2. The summed E-state index contributed by atoms with van der Waals surface area (Å²) >= 11 is 0. The lowest BCUT2D eigenvalue weighted by molar-refractivity contribution is -0.119. The van der Waals surface area contributed by atoms with Gasteiger partial charge in [0.1, 0.15) is 5.82 Å². The summed E-state index contributed by atoms with van der Waals surface area (Å²) < 4.78 is 12.9. The van der Waals surface area contributed by atoms with Crippen LogP contribution in [-0.4, -0.2) is 25.0 Å². The first-order valence-electron chi connectivity index (χ1n) is 8.30. The lowest BCUT2D eigenvalue weighted by Gasteiger charge is -2.28. The number of hydrogen-bond donors (Lipinski definition) is 1. The Morgan fingerprint density at radius 3 is 2.29 bits per heavy atom. The first-order valence-corrected chi connectivity index (χ1v) is 8.30. The van der Waals surface area contributed by atoms with Gasteiger partial charge < -0.3 is 10.2 Å². The van der Waals surface area contributed by atoms with Crippen LogP contribution in [0.1, 0.15) is 25.0 Å². The van der Waals surface area contributed by atoms with Crippen LogP contribution in [0.25, 0.3) is 0 Å². The number of benzene rings is 2. The van der Waals surface area contributed by atoms with E-state index in [2.05, 4.69) is 36.2 Å². The fraction of sp³-hybridized carbons (Fsp3) is 0.350. The summed E-state index contributed by atoms with van der Waals surface area (Å²) in [4.78, 5) is 14.3. The highest BCUT2D eigenvalue weighted by molar-refractivity contribution is 5.81. The first-order chi connectivity index (χ1) is 11.5. The lowest BCUT2D eigenvalue weighted by Crippen LogP contribution is -2.41. The summed E-state index contributed by atoms with van der Waals surface area (Å²) in [5.74, 6) is -0.250. The van der Waals surface area contributed by atoms with Crippen molar-refractivity contribution in [3.05, 3.63) is 65.5 Å². The van der Waals surface area contributed by atoms with Gasteiger partial charge in [0, 0.05) is 18.3 Å². The van der Waals surface area contributed by atoms with Gasteiger partial charge in [-0.1, -0.05) is 29.8 Å². The monoisotopic (exact) mass is 328 g/mol. The Labute approximate surface area is 143 Å². The maximum atomic E-state index is 12.9. The fourth-order valence-corrected chi connectivity index (χ4v) is 2.52. The Hall–Kier alpha value is -2.36. The summed E-state index contributed by atoms with van der Waals surface area (Å²) in [6.45, 7) is 7.07. The third-order valence-electron chi connectivity index (χ3n) is 3.95. The van der Waals surface area contributed by atoms with Crippen molar-refractivity contribution in [3.8, 4) is 0 Å². The average molecular weight is 328 g/mol. The molecule has 1 N–H and O–H groups in total. The van der Waals surface area contributed by atoms with Gasteiger partial charge in [0.15, 0.2) is 0 Å². The van der Waals surface area contributed by atoms with Crippen LogP contribution in [0.5, 0.6) is 0 Å². The van der Waals surface area contributed by atoms with Crippen LogP contribution in [0.4, 0.5) is 10.1 Å². The van der Waals surface area contributed by atoms with Gasteiger partial charge in [0.25, 0.3) is 0 Å². The van der Waals surface area contributed by atoms with Gasteiger partial charge in [-0.15, -0.1) is 0 Å². The first kappa shape index (κ1) is 18.0. The molecule has 0 saturated carbocycles. The summed E-state index contributed by atoms with van der Waals surface area (Å²) in [7, 11) is 0. The number of halogens is 1. The van der Waals surface area contributed by atoms with Crippen LogP contribution < -0.4 is 10.2 Å². The smallest absolute Gasteiger partial charge is 0.239 e. The van der Waals surface area contributed by atoms with Crippen molar-refractivity contribution in [2.45, 2.75) is 33.2 Å². The normalized spacial score (nSPS) is 10.7. The van der Waals surface area contributed by atoms with Crippen LogP contribution in [0.3, 0.4) is 0 Å². The van der Waals surface area contributed by atoms with Crippen LogP contribution in [0.2, 0.25) is 0 Å². The van der Waals surface area contributed by atoms with E-state index in [1.807, 2.05) is 19.1 Å². The summed E-state index contributed by atoms with van der Waals surface area (Å²) in [5, 5.41) is 2.94. The predicted octanol–water partition coefficient (Wildman–Crippen LogP) is 3.71. The number of anilines is 1. The van der Waals surface area contributed by atoms with Crippen molar-refractivity contribution < 1.29 is 9.18 Å². The number of nitrogens with one attached hydrogen (secondary N) is 1. The highest BCUT2D eigenvalue weighted by Gasteiger charge is 2.14. The van der Waals surface area contributed by atoms with Crippen molar-refractivity contribution >= 4 is 11.6 Å². The summed E-state index contributed by atoms with van der Waals surface area (Å²) in [5.41, 5.74) is 3.26.